The Labute approximate surface area is 155 Å². The van der Waals surface area contributed by atoms with Crippen LogP contribution in [0.15, 0.2) is 42.5 Å². The molecule has 0 spiro atoms. The van der Waals surface area contributed by atoms with Gasteiger partial charge in [0, 0.05) is 17.3 Å². The molecule has 1 fully saturated rings. The van der Waals surface area contributed by atoms with Gasteiger partial charge in [-0.3, -0.25) is 4.79 Å². The van der Waals surface area contributed by atoms with Crippen LogP contribution in [0.1, 0.15) is 28.9 Å². The third-order valence-corrected chi connectivity index (χ3v) is 5.32. The second kappa shape index (κ2) is 8.23. The molecule has 2 aromatic carbocycles. The summed E-state index contributed by atoms with van der Waals surface area (Å²) in [6.07, 6.45) is 0.885. The lowest BCUT2D eigenvalue weighted by Crippen LogP contribution is -3.14. The number of carbonyl (C=O) groups excluding carboxylic acids is 1. The first-order valence-corrected chi connectivity index (χ1v) is 9.03. The van der Waals surface area contributed by atoms with Crippen LogP contribution in [0.2, 0.25) is 0 Å². The number of anilines is 1. The summed E-state index contributed by atoms with van der Waals surface area (Å²) in [5.74, 6) is 1.70. The van der Waals surface area contributed by atoms with Crippen molar-refractivity contribution < 1.29 is 19.2 Å². The molecule has 0 bridgehead atoms. The van der Waals surface area contributed by atoms with Gasteiger partial charge < -0.3 is 19.3 Å². The number of methoxy groups -OCH3 is 2. The van der Waals surface area contributed by atoms with E-state index in [2.05, 4.69) is 17.9 Å². The van der Waals surface area contributed by atoms with Crippen LogP contribution in [0.3, 0.4) is 0 Å². The Morgan fingerprint density at radius 3 is 2.31 bits per heavy atom. The van der Waals surface area contributed by atoms with Gasteiger partial charge in [-0.25, -0.2) is 0 Å². The number of nitrogens with zero attached hydrogens (tertiary/aromatic N) is 1. The first-order valence-electron chi connectivity index (χ1n) is 9.03. The van der Waals surface area contributed by atoms with Crippen LogP contribution in [0.25, 0.3) is 0 Å². The molecule has 3 rings (SSSR count). The minimum Gasteiger partial charge on any atom is -0.497 e. The maximum absolute atomic E-state index is 10.8. The van der Waals surface area contributed by atoms with E-state index in [9.17, 15) is 4.79 Å². The molecule has 2 aromatic rings. The van der Waals surface area contributed by atoms with Gasteiger partial charge >= 0.3 is 0 Å². The van der Waals surface area contributed by atoms with E-state index >= 15 is 0 Å². The maximum atomic E-state index is 10.8. The SMILES string of the molecule is COc1ccc([C@@H](C)[NH+]2CCN(c3ccc(C=O)cc3)CC2)c(OC)c1. The zero-order valence-electron chi connectivity index (χ0n) is 15.7. The molecule has 1 atom stereocenters. The van der Waals surface area contributed by atoms with E-state index < -0.39 is 0 Å². The number of nitrogens with one attached hydrogen (secondary N) is 1. The first kappa shape index (κ1) is 18.3. The van der Waals surface area contributed by atoms with Crippen molar-refractivity contribution in [3.63, 3.8) is 0 Å². The number of piperazine rings is 1. The lowest BCUT2D eigenvalue weighted by Gasteiger charge is -2.37. The van der Waals surface area contributed by atoms with Crippen molar-refractivity contribution in [2.75, 3.05) is 45.3 Å². The fourth-order valence-electron chi connectivity index (χ4n) is 3.64. The summed E-state index contributed by atoms with van der Waals surface area (Å²) >= 11 is 0. The normalized spacial score (nSPS) is 16.2. The molecule has 1 aliphatic rings. The van der Waals surface area contributed by atoms with E-state index in [4.69, 9.17) is 9.47 Å². The van der Waals surface area contributed by atoms with E-state index in [0.717, 1.165) is 49.5 Å². The number of benzene rings is 2. The molecular formula is C21H27N2O3+. The van der Waals surface area contributed by atoms with Crippen molar-refractivity contribution in [2.45, 2.75) is 13.0 Å². The standard InChI is InChI=1S/C21H26N2O3/c1-16(20-9-8-19(25-2)14-21(20)26-3)22-10-12-23(13-11-22)18-6-4-17(15-24)5-7-18/h4-9,14-16H,10-13H2,1-3H3/p+1/t16-/m1/s1. The summed E-state index contributed by atoms with van der Waals surface area (Å²) in [5.41, 5.74) is 3.12. The topological polar surface area (TPSA) is 43.2 Å². The lowest BCUT2D eigenvalue weighted by atomic mass is 10.0. The Balaban J connectivity index is 1.66. The highest BCUT2D eigenvalue weighted by Gasteiger charge is 2.27. The Morgan fingerprint density at radius 2 is 1.73 bits per heavy atom. The molecule has 0 aromatic heterocycles. The number of aldehydes is 1. The Kier molecular flexibility index (Phi) is 5.78. The smallest absolute Gasteiger partial charge is 0.150 e. The summed E-state index contributed by atoms with van der Waals surface area (Å²) in [5, 5.41) is 0. The highest BCUT2D eigenvalue weighted by Crippen LogP contribution is 2.28. The molecular weight excluding hydrogens is 328 g/mol. The number of hydrogen-bond donors (Lipinski definition) is 1. The summed E-state index contributed by atoms with van der Waals surface area (Å²) < 4.78 is 10.9. The van der Waals surface area contributed by atoms with Gasteiger partial charge in [0.05, 0.1) is 46.0 Å². The highest BCUT2D eigenvalue weighted by atomic mass is 16.5. The largest absolute Gasteiger partial charge is 0.497 e. The minimum absolute atomic E-state index is 0.357. The maximum Gasteiger partial charge on any atom is 0.150 e. The van der Waals surface area contributed by atoms with E-state index in [-0.39, 0.29) is 0 Å². The predicted octanol–water partition coefficient (Wildman–Crippen LogP) is 1.98. The van der Waals surface area contributed by atoms with Crippen LogP contribution in [-0.2, 0) is 0 Å². The first-order chi connectivity index (χ1) is 12.7. The number of carbonyl (C=O) groups is 1. The average Bonchev–Trinajstić information content (AvgIpc) is 2.73. The molecule has 0 amide bonds. The minimum atomic E-state index is 0.357. The van der Waals surface area contributed by atoms with Crippen LogP contribution in [0.5, 0.6) is 11.5 Å². The molecule has 5 nitrogen and oxygen atoms in total. The quantitative estimate of drug-likeness (QED) is 0.805. The molecule has 0 aliphatic carbocycles. The van der Waals surface area contributed by atoms with Gasteiger partial charge in [-0.15, -0.1) is 0 Å². The number of rotatable bonds is 6. The Hall–Kier alpha value is -2.53. The van der Waals surface area contributed by atoms with E-state index in [0.29, 0.717) is 6.04 Å². The molecule has 0 radical (unpaired) electrons. The summed E-state index contributed by atoms with van der Waals surface area (Å²) in [7, 11) is 3.38. The Bertz CT molecular complexity index is 737. The van der Waals surface area contributed by atoms with Gasteiger partial charge in [-0.2, -0.15) is 0 Å². The lowest BCUT2D eigenvalue weighted by molar-refractivity contribution is -0.930. The van der Waals surface area contributed by atoms with Crippen LogP contribution in [0, 0.1) is 0 Å². The summed E-state index contributed by atoms with van der Waals surface area (Å²) in [6, 6.07) is 14.2. The van der Waals surface area contributed by atoms with Crippen molar-refractivity contribution in [3.8, 4) is 11.5 Å². The zero-order chi connectivity index (χ0) is 18.5. The molecule has 5 heteroatoms. The summed E-state index contributed by atoms with van der Waals surface area (Å²) in [4.78, 5) is 14.7. The van der Waals surface area contributed by atoms with E-state index in [1.54, 1.807) is 19.1 Å². The van der Waals surface area contributed by atoms with Gasteiger partial charge in [0.15, 0.2) is 0 Å². The van der Waals surface area contributed by atoms with Gasteiger partial charge in [0.2, 0.25) is 0 Å². The van der Waals surface area contributed by atoms with Gasteiger partial charge in [-0.1, -0.05) is 0 Å². The highest BCUT2D eigenvalue weighted by molar-refractivity contribution is 5.75. The van der Waals surface area contributed by atoms with Crippen LogP contribution < -0.4 is 19.3 Å². The third-order valence-electron chi connectivity index (χ3n) is 5.32. The molecule has 0 unspecified atom stereocenters. The average molecular weight is 355 g/mol. The fourth-order valence-corrected chi connectivity index (χ4v) is 3.64. The van der Waals surface area contributed by atoms with Crippen molar-refractivity contribution in [2.24, 2.45) is 0 Å². The van der Waals surface area contributed by atoms with Crippen LogP contribution in [0.4, 0.5) is 5.69 Å². The number of quaternary nitrogens is 1. The van der Waals surface area contributed by atoms with Gasteiger partial charge in [0.1, 0.15) is 23.8 Å². The fraction of sp³-hybridized carbons (Fsp3) is 0.381. The molecule has 0 saturated carbocycles. The molecule has 1 aliphatic heterocycles. The number of hydrogen-bond acceptors (Lipinski definition) is 4. The van der Waals surface area contributed by atoms with E-state index in [1.807, 2.05) is 36.4 Å². The van der Waals surface area contributed by atoms with Crippen LogP contribution >= 0.6 is 0 Å². The molecule has 1 N–H and O–H groups in total. The zero-order valence-corrected chi connectivity index (χ0v) is 15.7. The molecule has 26 heavy (non-hydrogen) atoms. The van der Waals surface area contributed by atoms with Gasteiger partial charge in [-0.05, 0) is 43.3 Å². The Morgan fingerprint density at radius 1 is 1.04 bits per heavy atom. The van der Waals surface area contributed by atoms with E-state index in [1.165, 1.54) is 11.3 Å². The monoisotopic (exact) mass is 355 g/mol. The second-order valence-electron chi connectivity index (χ2n) is 6.68. The molecule has 1 heterocycles. The molecule has 138 valence electrons. The third kappa shape index (κ3) is 3.83. The number of ether oxygens (including phenoxy) is 2. The van der Waals surface area contributed by atoms with Crippen molar-refractivity contribution in [1.29, 1.82) is 0 Å². The predicted molar refractivity (Wildman–Crippen MR) is 103 cm³/mol. The second-order valence-corrected chi connectivity index (χ2v) is 6.68. The van der Waals surface area contributed by atoms with Crippen molar-refractivity contribution >= 4 is 12.0 Å². The van der Waals surface area contributed by atoms with Crippen LogP contribution in [-0.4, -0.2) is 46.7 Å². The van der Waals surface area contributed by atoms with Crippen molar-refractivity contribution in [3.05, 3.63) is 53.6 Å². The molecule has 1 saturated heterocycles. The summed E-state index contributed by atoms with van der Waals surface area (Å²) in [6.45, 7) is 6.38. The van der Waals surface area contributed by atoms with Gasteiger partial charge in [0.25, 0.3) is 0 Å². The van der Waals surface area contributed by atoms with Crippen molar-refractivity contribution in [1.82, 2.24) is 0 Å².